The lowest BCUT2D eigenvalue weighted by atomic mass is 10.3. The molecular formula is C10H14N2O. The van der Waals surface area contributed by atoms with Crippen LogP contribution in [-0.2, 0) is 0 Å². The third kappa shape index (κ3) is 5.49. The van der Waals surface area contributed by atoms with Gasteiger partial charge in [-0.05, 0) is 12.2 Å². The number of carbonyl (C=O) groups excluding carboxylic acids is 1. The molecule has 0 aromatic carbocycles. The quantitative estimate of drug-likeness (QED) is 0.632. The fourth-order valence-electron chi connectivity index (χ4n) is 0.592. The third-order valence-electron chi connectivity index (χ3n) is 1.23. The minimum absolute atomic E-state index is 0.266. The van der Waals surface area contributed by atoms with Gasteiger partial charge in [-0.3, -0.25) is 0 Å². The van der Waals surface area contributed by atoms with Gasteiger partial charge in [-0.2, -0.15) is 0 Å². The van der Waals surface area contributed by atoms with Crippen LogP contribution in [-0.4, -0.2) is 13.1 Å². The van der Waals surface area contributed by atoms with Crippen molar-refractivity contribution in [3.8, 4) is 0 Å². The molecule has 0 aliphatic heterocycles. The molecule has 3 nitrogen and oxygen atoms in total. The summed E-state index contributed by atoms with van der Waals surface area (Å²) < 4.78 is 0. The summed E-state index contributed by atoms with van der Waals surface area (Å²) in [5, 5.41) is 5.02. The summed E-state index contributed by atoms with van der Waals surface area (Å²) >= 11 is 0. The maximum absolute atomic E-state index is 10.9. The van der Waals surface area contributed by atoms with E-state index in [0.29, 0.717) is 5.70 Å². The molecule has 13 heavy (non-hydrogen) atoms. The lowest BCUT2D eigenvalue weighted by Crippen LogP contribution is -2.31. The Morgan fingerprint density at radius 2 is 2.00 bits per heavy atom. The van der Waals surface area contributed by atoms with Crippen LogP contribution in [0, 0.1) is 0 Å². The second-order valence-corrected chi connectivity index (χ2v) is 2.15. The Morgan fingerprint density at radius 3 is 2.46 bits per heavy atom. The van der Waals surface area contributed by atoms with Crippen LogP contribution < -0.4 is 10.6 Å². The first-order valence-corrected chi connectivity index (χ1v) is 3.85. The molecule has 0 aliphatic rings. The maximum atomic E-state index is 10.9. The number of nitrogens with one attached hydrogen (secondary N) is 2. The first-order chi connectivity index (χ1) is 6.24. The van der Waals surface area contributed by atoms with E-state index in [9.17, 15) is 4.79 Å². The van der Waals surface area contributed by atoms with Crippen LogP contribution in [0.1, 0.15) is 0 Å². The number of hydrogen-bond donors (Lipinski definition) is 2. The van der Waals surface area contributed by atoms with Gasteiger partial charge < -0.3 is 10.6 Å². The van der Waals surface area contributed by atoms with Crippen molar-refractivity contribution in [3.05, 3.63) is 49.2 Å². The Labute approximate surface area is 78.5 Å². The highest BCUT2D eigenvalue weighted by Crippen LogP contribution is 1.91. The van der Waals surface area contributed by atoms with Crippen molar-refractivity contribution in [2.24, 2.45) is 0 Å². The Morgan fingerprint density at radius 1 is 1.31 bits per heavy atom. The number of rotatable bonds is 4. The maximum Gasteiger partial charge on any atom is 0.318 e. The number of urea groups is 1. The lowest BCUT2D eigenvalue weighted by molar-refractivity contribution is 0.245. The molecule has 0 aliphatic carbocycles. The first-order valence-electron chi connectivity index (χ1n) is 3.85. The van der Waals surface area contributed by atoms with E-state index in [1.807, 2.05) is 0 Å². The van der Waals surface area contributed by atoms with Gasteiger partial charge >= 0.3 is 6.03 Å². The molecule has 0 bridgehead atoms. The summed E-state index contributed by atoms with van der Waals surface area (Å²) in [7, 11) is 1.55. The second-order valence-electron chi connectivity index (χ2n) is 2.15. The van der Waals surface area contributed by atoms with Gasteiger partial charge in [0, 0.05) is 12.7 Å². The predicted molar refractivity (Wildman–Crippen MR) is 55.2 cm³/mol. The Bertz CT molecular complexity index is 252. The molecule has 0 rings (SSSR count). The molecule has 2 N–H and O–H groups in total. The molecule has 0 aromatic heterocycles. The first kappa shape index (κ1) is 11.2. The summed E-state index contributed by atoms with van der Waals surface area (Å²) in [6, 6.07) is -0.266. The van der Waals surface area contributed by atoms with Crippen LogP contribution in [0.2, 0.25) is 0 Å². The van der Waals surface area contributed by atoms with Gasteiger partial charge in [-0.15, -0.1) is 0 Å². The molecule has 0 heterocycles. The monoisotopic (exact) mass is 178 g/mol. The average molecular weight is 178 g/mol. The van der Waals surface area contributed by atoms with Gasteiger partial charge in [0.15, 0.2) is 0 Å². The van der Waals surface area contributed by atoms with Gasteiger partial charge in [0.25, 0.3) is 0 Å². The number of allylic oxidation sites excluding steroid dienone is 5. The van der Waals surface area contributed by atoms with Crippen molar-refractivity contribution in [3.63, 3.8) is 0 Å². The summed E-state index contributed by atoms with van der Waals surface area (Å²) in [6.45, 7) is 7.08. The molecule has 0 saturated heterocycles. The Hall–Kier alpha value is -1.77. The van der Waals surface area contributed by atoms with Gasteiger partial charge in [-0.1, -0.05) is 31.4 Å². The van der Waals surface area contributed by atoms with Crippen molar-refractivity contribution in [2.45, 2.75) is 0 Å². The smallest absolute Gasteiger partial charge is 0.318 e. The highest BCUT2D eigenvalue weighted by atomic mass is 16.2. The van der Waals surface area contributed by atoms with Crippen molar-refractivity contribution in [1.82, 2.24) is 10.6 Å². The zero-order valence-corrected chi connectivity index (χ0v) is 7.71. The molecule has 0 unspecified atom stereocenters. The fourth-order valence-corrected chi connectivity index (χ4v) is 0.592. The zero-order valence-electron chi connectivity index (χ0n) is 7.71. The minimum Gasteiger partial charge on any atom is -0.341 e. The standard InChI is InChI=1S/C10H14N2O/c1-4-6-7-8-9(5-2)12-10(13)11-3/h4-8H,1-2H2,3H3,(H2,11,12,13)/b7-6-,9-8+. The number of carbonyl (C=O) groups is 1. The van der Waals surface area contributed by atoms with Crippen molar-refractivity contribution in [2.75, 3.05) is 7.05 Å². The largest absolute Gasteiger partial charge is 0.341 e. The predicted octanol–water partition coefficient (Wildman–Crippen LogP) is 1.73. The molecule has 0 radical (unpaired) electrons. The molecular weight excluding hydrogens is 164 g/mol. The molecule has 0 fully saturated rings. The van der Waals surface area contributed by atoms with E-state index in [1.54, 1.807) is 37.4 Å². The molecule has 0 spiro atoms. The molecule has 3 heteroatoms. The van der Waals surface area contributed by atoms with Crippen LogP contribution >= 0.6 is 0 Å². The van der Waals surface area contributed by atoms with Crippen LogP contribution in [0.25, 0.3) is 0 Å². The van der Waals surface area contributed by atoms with Gasteiger partial charge in [0.1, 0.15) is 0 Å². The fraction of sp³-hybridized carbons (Fsp3) is 0.100. The molecule has 2 amide bonds. The zero-order chi connectivity index (χ0) is 10.1. The van der Waals surface area contributed by atoms with Gasteiger partial charge in [-0.25, -0.2) is 4.79 Å². The SMILES string of the molecule is C=C/C=C\C=C(/C=C)NC(=O)NC. The summed E-state index contributed by atoms with van der Waals surface area (Å²) in [5.41, 5.74) is 0.637. The van der Waals surface area contributed by atoms with Gasteiger partial charge in [0.2, 0.25) is 0 Å². The molecule has 70 valence electrons. The van der Waals surface area contributed by atoms with Crippen molar-refractivity contribution in [1.29, 1.82) is 0 Å². The second kappa shape index (κ2) is 6.91. The molecule has 0 saturated carbocycles. The summed E-state index contributed by atoms with van der Waals surface area (Å²) in [5.74, 6) is 0. The van der Waals surface area contributed by atoms with Crippen molar-refractivity contribution >= 4 is 6.03 Å². The topological polar surface area (TPSA) is 41.1 Å². The molecule has 0 atom stereocenters. The minimum atomic E-state index is -0.266. The van der Waals surface area contributed by atoms with E-state index in [2.05, 4.69) is 23.8 Å². The number of amides is 2. The highest BCUT2D eigenvalue weighted by Gasteiger charge is 1.95. The van der Waals surface area contributed by atoms with E-state index in [-0.39, 0.29) is 6.03 Å². The Kier molecular flexibility index (Phi) is 5.97. The summed E-state index contributed by atoms with van der Waals surface area (Å²) in [6.07, 6.45) is 8.46. The van der Waals surface area contributed by atoms with Crippen LogP contribution in [0.15, 0.2) is 49.2 Å². The lowest BCUT2D eigenvalue weighted by Gasteiger charge is -2.02. The average Bonchev–Trinajstić information content (AvgIpc) is 2.16. The summed E-state index contributed by atoms with van der Waals surface area (Å²) in [4.78, 5) is 10.9. The third-order valence-corrected chi connectivity index (χ3v) is 1.23. The van der Waals surface area contributed by atoms with E-state index >= 15 is 0 Å². The highest BCUT2D eigenvalue weighted by molar-refractivity contribution is 5.76. The molecule has 0 aromatic rings. The number of hydrogen-bond acceptors (Lipinski definition) is 1. The van der Waals surface area contributed by atoms with E-state index in [1.165, 1.54) is 0 Å². The van der Waals surface area contributed by atoms with E-state index in [0.717, 1.165) is 0 Å². The normalized spacial score (nSPS) is 11.0. The van der Waals surface area contributed by atoms with Crippen LogP contribution in [0.3, 0.4) is 0 Å². The van der Waals surface area contributed by atoms with E-state index < -0.39 is 0 Å². The Balaban J connectivity index is 4.24. The van der Waals surface area contributed by atoms with E-state index in [4.69, 9.17) is 0 Å². The van der Waals surface area contributed by atoms with Crippen LogP contribution in [0.4, 0.5) is 4.79 Å². The van der Waals surface area contributed by atoms with Crippen LogP contribution in [0.5, 0.6) is 0 Å². The van der Waals surface area contributed by atoms with Gasteiger partial charge in [0.05, 0.1) is 0 Å². The van der Waals surface area contributed by atoms with Crippen molar-refractivity contribution < 1.29 is 4.79 Å².